The largest absolute Gasteiger partial charge is 0.268 e. The Morgan fingerprint density at radius 1 is 1.14 bits per heavy atom. The lowest BCUT2D eigenvalue weighted by atomic mass is 10.1. The molecule has 0 unspecified atom stereocenters. The maximum absolute atomic E-state index is 13.9. The zero-order valence-corrected chi connectivity index (χ0v) is 13.8. The first kappa shape index (κ1) is 14.5. The van der Waals surface area contributed by atoms with E-state index >= 15 is 0 Å². The van der Waals surface area contributed by atoms with Crippen LogP contribution in [0.1, 0.15) is 5.56 Å². The summed E-state index contributed by atoms with van der Waals surface area (Å²) in [6.07, 6.45) is 3.71. The highest BCUT2D eigenvalue weighted by Gasteiger charge is 2.09. The van der Waals surface area contributed by atoms with E-state index in [0.717, 1.165) is 14.7 Å². The van der Waals surface area contributed by atoms with Crippen LogP contribution in [0.2, 0.25) is 5.02 Å². The van der Waals surface area contributed by atoms with Gasteiger partial charge in [-0.25, -0.2) is 4.39 Å². The Morgan fingerprint density at radius 2 is 1.95 bits per heavy atom. The molecule has 0 aliphatic heterocycles. The van der Waals surface area contributed by atoms with Gasteiger partial charge in [-0.05, 0) is 40.3 Å². The summed E-state index contributed by atoms with van der Waals surface area (Å²) in [6.45, 7) is 0.357. The van der Waals surface area contributed by atoms with Gasteiger partial charge in [-0.3, -0.25) is 4.68 Å². The van der Waals surface area contributed by atoms with Crippen LogP contribution in [0.25, 0.3) is 11.1 Å². The molecular formula is C16H11ClFIN2. The number of hydrogen-bond acceptors (Lipinski definition) is 1. The predicted octanol–water partition coefficient (Wildman–Crippen LogP) is 5.00. The molecule has 0 saturated heterocycles. The van der Waals surface area contributed by atoms with Crippen LogP contribution in [0.4, 0.5) is 4.39 Å². The minimum Gasteiger partial charge on any atom is -0.268 e. The SMILES string of the molecule is Fc1c(Cl)cccc1Cn1cc(-c2ccccc2I)cn1. The van der Waals surface area contributed by atoms with E-state index in [0.29, 0.717) is 12.1 Å². The molecule has 0 aliphatic rings. The van der Waals surface area contributed by atoms with Crippen LogP contribution in [0.3, 0.4) is 0 Å². The van der Waals surface area contributed by atoms with Crippen LogP contribution in [0, 0.1) is 9.39 Å². The van der Waals surface area contributed by atoms with Crippen molar-refractivity contribution in [3.63, 3.8) is 0 Å². The molecule has 21 heavy (non-hydrogen) atoms. The van der Waals surface area contributed by atoms with Gasteiger partial charge in [0.25, 0.3) is 0 Å². The zero-order chi connectivity index (χ0) is 14.8. The van der Waals surface area contributed by atoms with Crippen molar-refractivity contribution in [3.8, 4) is 11.1 Å². The third-order valence-corrected chi connectivity index (χ3v) is 4.41. The standard InChI is InChI=1S/C16H11ClFIN2/c17-14-6-3-4-11(16(14)18)9-21-10-12(8-20-21)13-5-1-2-7-15(13)19/h1-8,10H,9H2. The first-order valence-corrected chi connectivity index (χ1v) is 7.81. The highest BCUT2D eigenvalue weighted by atomic mass is 127. The quantitative estimate of drug-likeness (QED) is 0.554. The van der Waals surface area contributed by atoms with E-state index < -0.39 is 0 Å². The van der Waals surface area contributed by atoms with Crippen molar-refractivity contribution >= 4 is 34.2 Å². The van der Waals surface area contributed by atoms with Gasteiger partial charge in [0.05, 0.1) is 17.8 Å². The lowest BCUT2D eigenvalue weighted by Crippen LogP contribution is -2.02. The number of halogens is 3. The van der Waals surface area contributed by atoms with Gasteiger partial charge < -0.3 is 0 Å². The molecule has 1 aromatic heterocycles. The molecule has 106 valence electrons. The Morgan fingerprint density at radius 3 is 2.76 bits per heavy atom. The molecule has 0 bridgehead atoms. The fourth-order valence-electron chi connectivity index (χ4n) is 2.13. The minimum atomic E-state index is -0.384. The zero-order valence-electron chi connectivity index (χ0n) is 10.9. The second kappa shape index (κ2) is 6.15. The third kappa shape index (κ3) is 3.11. The first-order valence-electron chi connectivity index (χ1n) is 6.35. The van der Waals surface area contributed by atoms with Crippen molar-refractivity contribution in [2.75, 3.05) is 0 Å². The lowest BCUT2D eigenvalue weighted by molar-refractivity contribution is 0.585. The Bertz CT molecular complexity index is 785. The van der Waals surface area contributed by atoms with Gasteiger partial charge in [0, 0.05) is 20.9 Å². The van der Waals surface area contributed by atoms with Gasteiger partial charge in [0.2, 0.25) is 0 Å². The molecule has 0 spiro atoms. The van der Waals surface area contributed by atoms with E-state index in [1.165, 1.54) is 0 Å². The molecule has 3 aromatic rings. The van der Waals surface area contributed by atoms with Gasteiger partial charge in [0.15, 0.2) is 0 Å². The van der Waals surface area contributed by atoms with Crippen LogP contribution < -0.4 is 0 Å². The summed E-state index contributed by atoms with van der Waals surface area (Å²) >= 11 is 8.09. The number of rotatable bonds is 3. The summed E-state index contributed by atoms with van der Waals surface area (Å²) < 4.78 is 16.8. The van der Waals surface area contributed by atoms with Crippen LogP contribution in [0.5, 0.6) is 0 Å². The van der Waals surface area contributed by atoms with Crippen molar-refractivity contribution in [2.45, 2.75) is 6.54 Å². The van der Waals surface area contributed by atoms with Crippen LogP contribution in [-0.4, -0.2) is 9.78 Å². The van der Waals surface area contributed by atoms with Crippen LogP contribution in [-0.2, 0) is 6.54 Å². The summed E-state index contributed by atoms with van der Waals surface area (Å²) in [5.74, 6) is -0.384. The number of nitrogens with zero attached hydrogens (tertiary/aromatic N) is 2. The second-order valence-electron chi connectivity index (χ2n) is 4.62. The normalized spacial score (nSPS) is 10.8. The molecule has 3 rings (SSSR count). The molecule has 1 heterocycles. The highest BCUT2D eigenvalue weighted by Crippen LogP contribution is 2.25. The first-order chi connectivity index (χ1) is 10.1. The topological polar surface area (TPSA) is 17.8 Å². The molecule has 0 atom stereocenters. The van der Waals surface area contributed by atoms with E-state index in [-0.39, 0.29) is 10.8 Å². The molecule has 0 fully saturated rings. The van der Waals surface area contributed by atoms with Gasteiger partial charge >= 0.3 is 0 Å². The van der Waals surface area contributed by atoms with Gasteiger partial charge in [-0.1, -0.05) is 41.9 Å². The molecule has 5 heteroatoms. The fraction of sp³-hybridized carbons (Fsp3) is 0.0625. The van der Waals surface area contributed by atoms with Crippen molar-refractivity contribution in [3.05, 3.63) is 74.8 Å². The molecule has 2 nitrogen and oxygen atoms in total. The van der Waals surface area contributed by atoms with Gasteiger partial charge in [0.1, 0.15) is 5.82 Å². The minimum absolute atomic E-state index is 0.137. The molecule has 0 radical (unpaired) electrons. The lowest BCUT2D eigenvalue weighted by Gasteiger charge is -2.05. The van der Waals surface area contributed by atoms with Crippen molar-refractivity contribution in [1.82, 2.24) is 9.78 Å². The van der Waals surface area contributed by atoms with E-state index in [1.54, 1.807) is 29.1 Å². The maximum atomic E-state index is 13.9. The summed E-state index contributed by atoms with van der Waals surface area (Å²) in [5.41, 5.74) is 2.67. The summed E-state index contributed by atoms with van der Waals surface area (Å²) in [6, 6.07) is 13.1. The summed E-state index contributed by atoms with van der Waals surface area (Å²) in [4.78, 5) is 0. The second-order valence-corrected chi connectivity index (χ2v) is 6.19. The van der Waals surface area contributed by atoms with E-state index in [1.807, 2.05) is 30.5 Å². The summed E-state index contributed by atoms with van der Waals surface area (Å²) in [5, 5.41) is 4.44. The third-order valence-electron chi connectivity index (χ3n) is 3.18. The highest BCUT2D eigenvalue weighted by molar-refractivity contribution is 14.1. The van der Waals surface area contributed by atoms with E-state index in [4.69, 9.17) is 11.6 Å². The van der Waals surface area contributed by atoms with Crippen LogP contribution in [0.15, 0.2) is 54.9 Å². The van der Waals surface area contributed by atoms with E-state index in [9.17, 15) is 4.39 Å². The Balaban J connectivity index is 1.89. The van der Waals surface area contributed by atoms with Crippen molar-refractivity contribution in [2.24, 2.45) is 0 Å². The average molecular weight is 413 g/mol. The number of benzene rings is 2. The molecule has 0 N–H and O–H groups in total. The summed E-state index contributed by atoms with van der Waals surface area (Å²) in [7, 11) is 0. The predicted molar refractivity (Wildman–Crippen MR) is 90.9 cm³/mol. The Labute approximate surface area is 140 Å². The molecular weight excluding hydrogens is 402 g/mol. The van der Waals surface area contributed by atoms with Crippen molar-refractivity contribution in [1.29, 1.82) is 0 Å². The smallest absolute Gasteiger partial charge is 0.146 e. The van der Waals surface area contributed by atoms with Crippen molar-refractivity contribution < 1.29 is 4.39 Å². The Kier molecular flexibility index (Phi) is 4.26. The average Bonchev–Trinajstić information content (AvgIpc) is 2.93. The maximum Gasteiger partial charge on any atom is 0.146 e. The molecule has 0 amide bonds. The molecule has 0 saturated carbocycles. The number of aromatic nitrogens is 2. The number of hydrogen-bond donors (Lipinski definition) is 0. The molecule has 0 aliphatic carbocycles. The van der Waals surface area contributed by atoms with E-state index in [2.05, 4.69) is 27.7 Å². The molecule has 2 aromatic carbocycles. The monoisotopic (exact) mass is 412 g/mol. The van der Waals surface area contributed by atoms with Crippen LogP contribution >= 0.6 is 34.2 Å². The Hall–Kier alpha value is -1.40. The van der Waals surface area contributed by atoms with Gasteiger partial charge in [-0.15, -0.1) is 0 Å². The van der Waals surface area contributed by atoms with Gasteiger partial charge in [-0.2, -0.15) is 5.10 Å². The fourth-order valence-corrected chi connectivity index (χ4v) is 3.02.